The zero-order valence-electron chi connectivity index (χ0n) is 15.9. The number of ketones is 1. The van der Waals surface area contributed by atoms with Gasteiger partial charge in [0.05, 0.1) is 22.6 Å². The van der Waals surface area contributed by atoms with Crippen LogP contribution in [0.2, 0.25) is 0 Å². The molecule has 0 radical (unpaired) electrons. The smallest absolute Gasteiger partial charge is 0.166 e. The van der Waals surface area contributed by atoms with E-state index in [9.17, 15) is 4.79 Å². The second-order valence-corrected chi connectivity index (χ2v) is 6.48. The lowest BCUT2D eigenvalue weighted by molar-refractivity contribution is -0.195. The van der Waals surface area contributed by atoms with Gasteiger partial charge in [0.25, 0.3) is 0 Å². The monoisotopic (exact) mass is 390 g/mol. The zero-order chi connectivity index (χ0) is 19.6. The van der Waals surface area contributed by atoms with E-state index < -0.39 is 0 Å². The summed E-state index contributed by atoms with van der Waals surface area (Å²) in [4.78, 5) is 19.0. The van der Waals surface area contributed by atoms with Gasteiger partial charge in [-0.25, -0.2) is 0 Å². The highest BCUT2D eigenvalue weighted by Crippen LogP contribution is 2.43. The number of carbonyl (C=O) groups excluding carboxylic acids is 1. The predicted molar refractivity (Wildman–Crippen MR) is 108 cm³/mol. The number of benzene rings is 2. The average Bonchev–Trinajstić information content (AvgIpc) is 3.24. The summed E-state index contributed by atoms with van der Waals surface area (Å²) in [6.45, 7) is 7.38. The Kier molecular flexibility index (Phi) is 8.60. The minimum atomic E-state index is -0.0257. The second kappa shape index (κ2) is 10.9. The van der Waals surface area contributed by atoms with E-state index in [-0.39, 0.29) is 5.78 Å². The van der Waals surface area contributed by atoms with Crippen molar-refractivity contribution in [2.45, 2.75) is 38.5 Å². The van der Waals surface area contributed by atoms with Crippen LogP contribution in [-0.4, -0.2) is 18.9 Å². The fourth-order valence-electron chi connectivity index (χ4n) is 2.81. The summed E-state index contributed by atoms with van der Waals surface area (Å²) in [5.41, 5.74) is 1.46. The molecule has 3 rings (SSSR count). The molecule has 1 saturated heterocycles. The van der Waals surface area contributed by atoms with Crippen molar-refractivity contribution in [1.82, 2.24) is 0 Å². The van der Waals surface area contributed by atoms with E-state index in [1.165, 1.54) is 6.92 Å². The fraction of sp³-hybridized carbons (Fsp3) is 0.350. The lowest BCUT2D eigenvalue weighted by Crippen LogP contribution is -2.19. The topological polar surface area (TPSA) is 74.0 Å². The third kappa shape index (κ3) is 5.71. The highest BCUT2D eigenvalue weighted by molar-refractivity contribution is 7.94. The molecule has 0 saturated carbocycles. The van der Waals surface area contributed by atoms with Crippen LogP contribution in [0, 0.1) is 0 Å². The Morgan fingerprint density at radius 1 is 1.11 bits per heavy atom. The van der Waals surface area contributed by atoms with Crippen LogP contribution in [0.4, 0.5) is 5.69 Å². The first-order valence-electron chi connectivity index (χ1n) is 9.06. The van der Waals surface area contributed by atoms with E-state index in [0.29, 0.717) is 22.0 Å². The van der Waals surface area contributed by atoms with Crippen molar-refractivity contribution < 1.29 is 18.9 Å². The van der Waals surface area contributed by atoms with Crippen LogP contribution >= 0.6 is 12.0 Å². The maximum atomic E-state index is 11.9. The molecular formula is C20H26N2O4S. The molecule has 0 aromatic heterocycles. The van der Waals surface area contributed by atoms with Crippen LogP contribution in [0.1, 0.15) is 44.0 Å². The molecule has 1 heterocycles. The lowest BCUT2D eigenvalue weighted by atomic mass is 10.1. The summed E-state index contributed by atoms with van der Waals surface area (Å²) in [6.07, 6.45) is 2.22. The molecule has 2 aromatic carbocycles. The number of hydrogen-bond donors (Lipinski definition) is 1. The molecule has 0 atom stereocenters. The summed E-state index contributed by atoms with van der Waals surface area (Å²) in [6, 6.07) is 13.1. The molecule has 0 spiro atoms. The van der Waals surface area contributed by atoms with Crippen molar-refractivity contribution >= 4 is 23.5 Å². The van der Waals surface area contributed by atoms with Crippen LogP contribution in [0.3, 0.4) is 0 Å². The van der Waals surface area contributed by atoms with E-state index in [0.717, 1.165) is 43.7 Å². The lowest BCUT2D eigenvalue weighted by Gasteiger charge is -2.23. The predicted octanol–water partition coefficient (Wildman–Crippen LogP) is 5.14. The molecular weight excluding hydrogens is 364 g/mol. The SMILES string of the molecule is CC.CC(=O)c1cc(SOON)c(Oc2ccccc2)c(N2CCCC2)c1. The Hall–Kier alpha value is -2.06. The third-order valence-corrected chi connectivity index (χ3v) is 4.64. The molecule has 2 aromatic rings. The first-order chi connectivity index (χ1) is 13.2. The molecule has 1 aliphatic heterocycles. The number of rotatable bonds is 7. The molecule has 7 heteroatoms. The van der Waals surface area contributed by atoms with Gasteiger partial charge in [0.1, 0.15) is 5.75 Å². The molecule has 0 amide bonds. The Morgan fingerprint density at radius 2 is 1.78 bits per heavy atom. The fourth-order valence-corrected chi connectivity index (χ4v) is 3.32. The van der Waals surface area contributed by atoms with E-state index in [1.807, 2.05) is 50.2 Å². The highest BCUT2D eigenvalue weighted by atomic mass is 32.2. The Labute approximate surface area is 164 Å². The van der Waals surface area contributed by atoms with Gasteiger partial charge >= 0.3 is 0 Å². The third-order valence-electron chi connectivity index (χ3n) is 4.01. The number of para-hydroxylation sites is 1. The molecule has 1 aliphatic rings. The summed E-state index contributed by atoms with van der Waals surface area (Å²) < 4.78 is 11.0. The number of Topliss-reactive ketones (excluding diaryl/α,β-unsaturated/α-hetero) is 1. The van der Waals surface area contributed by atoms with Crippen molar-refractivity contribution in [3.63, 3.8) is 0 Å². The quantitative estimate of drug-likeness (QED) is 0.304. The van der Waals surface area contributed by atoms with Crippen molar-refractivity contribution in [3.05, 3.63) is 48.0 Å². The van der Waals surface area contributed by atoms with Crippen molar-refractivity contribution in [3.8, 4) is 11.5 Å². The highest BCUT2D eigenvalue weighted by Gasteiger charge is 2.23. The van der Waals surface area contributed by atoms with E-state index in [4.69, 9.17) is 15.0 Å². The molecule has 2 N–H and O–H groups in total. The normalized spacial score (nSPS) is 13.1. The van der Waals surface area contributed by atoms with Crippen LogP contribution in [0.15, 0.2) is 47.4 Å². The minimum absolute atomic E-state index is 0.0257. The van der Waals surface area contributed by atoms with Gasteiger partial charge in [-0.05, 0) is 44.0 Å². The molecule has 27 heavy (non-hydrogen) atoms. The van der Waals surface area contributed by atoms with Crippen LogP contribution < -0.4 is 15.5 Å². The van der Waals surface area contributed by atoms with Gasteiger partial charge in [-0.1, -0.05) is 32.0 Å². The molecule has 0 unspecified atom stereocenters. The molecule has 0 aliphatic carbocycles. The first-order valence-corrected chi connectivity index (χ1v) is 9.80. The number of carbonyl (C=O) groups is 1. The number of ether oxygens (including phenoxy) is 1. The molecule has 1 fully saturated rings. The summed E-state index contributed by atoms with van der Waals surface area (Å²) >= 11 is 0.920. The van der Waals surface area contributed by atoms with Gasteiger partial charge in [0, 0.05) is 18.7 Å². The van der Waals surface area contributed by atoms with E-state index in [1.54, 1.807) is 6.07 Å². The largest absolute Gasteiger partial charge is 0.454 e. The van der Waals surface area contributed by atoms with Crippen LogP contribution in [0.25, 0.3) is 0 Å². The van der Waals surface area contributed by atoms with E-state index >= 15 is 0 Å². The summed E-state index contributed by atoms with van der Waals surface area (Å²) in [7, 11) is 0. The van der Waals surface area contributed by atoms with Gasteiger partial charge in [-0.3, -0.25) is 4.79 Å². The molecule has 0 bridgehead atoms. The Balaban J connectivity index is 0.00000126. The average molecular weight is 391 g/mol. The number of anilines is 1. The second-order valence-electron chi connectivity index (χ2n) is 5.74. The number of nitrogens with zero attached hydrogens (tertiary/aromatic N) is 1. The number of nitrogens with two attached hydrogens (primary N) is 1. The van der Waals surface area contributed by atoms with Crippen LogP contribution in [-0.2, 0) is 9.32 Å². The Morgan fingerprint density at radius 3 is 2.37 bits per heavy atom. The molecule has 146 valence electrons. The van der Waals surface area contributed by atoms with Gasteiger partial charge in [0.15, 0.2) is 11.5 Å². The van der Waals surface area contributed by atoms with Gasteiger partial charge < -0.3 is 9.64 Å². The molecule has 6 nitrogen and oxygen atoms in total. The van der Waals surface area contributed by atoms with Crippen LogP contribution in [0.5, 0.6) is 11.5 Å². The Bertz CT molecular complexity index is 734. The van der Waals surface area contributed by atoms with Crippen molar-refractivity contribution in [1.29, 1.82) is 0 Å². The number of hydrogen-bond acceptors (Lipinski definition) is 7. The van der Waals surface area contributed by atoms with Crippen molar-refractivity contribution in [2.24, 2.45) is 5.90 Å². The summed E-state index contributed by atoms with van der Waals surface area (Å²) in [5.74, 6) is 6.28. The summed E-state index contributed by atoms with van der Waals surface area (Å²) in [5, 5.41) is 0. The standard InChI is InChI=1S/C18H20N2O4S.C2H6/c1-13(21)14-11-16(20-9-5-6-10-20)18(17(12-14)25-24-23-19)22-15-7-3-2-4-8-15;1-2/h2-4,7-8,11-12H,5-6,9-10,19H2,1H3;1-2H3. The maximum absolute atomic E-state index is 11.9. The van der Waals surface area contributed by atoms with Gasteiger partial charge in [0.2, 0.25) is 0 Å². The minimum Gasteiger partial charge on any atom is -0.454 e. The van der Waals surface area contributed by atoms with E-state index in [2.05, 4.69) is 9.89 Å². The first kappa shape index (κ1) is 21.2. The van der Waals surface area contributed by atoms with Crippen molar-refractivity contribution in [2.75, 3.05) is 18.0 Å². The van der Waals surface area contributed by atoms with Gasteiger partial charge in [-0.2, -0.15) is 5.90 Å². The maximum Gasteiger partial charge on any atom is 0.166 e. The van der Waals surface area contributed by atoms with Gasteiger partial charge in [-0.15, -0.1) is 9.32 Å². The zero-order valence-corrected chi connectivity index (χ0v) is 16.8.